The molecule has 1 atom stereocenters. The van der Waals surface area contributed by atoms with Crippen LogP contribution in [0.15, 0.2) is 42.5 Å². The minimum Gasteiger partial charge on any atom is -0.496 e. The highest BCUT2D eigenvalue weighted by molar-refractivity contribution is 5.97. The Morgan fingerprint density at radius 2 is 1.54 bits per heavy atom. The number of ether oxygens (including phenoxy) is 3. The molecule has 2 aromatic rings. The first-order valence-electron chi connectivity index (χ1n) is 7.73. The Morgan fingerprint density at radius 3 is 2.12 bits per heavy atom. The molecule has 128 valence electrons. The van der Waals surface area contributed by atoms with Gasteiger partial charge in [0.25, 0.3) is 5.91 Å². The van der Waals surface area contributed by atoms with Crippen LogP contribution in [-0.2, 0) is 0 Å². The second-order valence-corrected chi connectivity index (χ2v) is 5.43. The third-order valence-corrected chi connectivity index (χ3v) is 3.89. The molecule has 1 amide bonds. The van der Waals surface area contributed by atoms with Gasteiger partial charge in [0.1, 0.15) is 5.75 Å². The van der Waals surface area contributed by atoms with Crippen LogP contribution in [0.25, 0.3) is 0 Å². The molecule has 0 fully saturated rings. The molecule has 0 spiro atoms. The molecule has 0 aliphatic heterocycles. The van der Waals surface area contributed by atoms with Gasteiger partial charge in [0.2, 0.25) is 0 Å². The summed E-state index contributed by atoms with van der Waals surface area (Å²) in [5, 5.41) is 2.95. The van der Waals surface area contributed by atoms with Crippen molar-refractivity contribution in [3.63, 3.8) is 0 Å². The lowest BCUT2D eigenvalue weighted by molar-refractivity contribution is 0.0948. The summed E-state index contributed by atoms with van der Waals surface area (Å²) in [4.78, 5) is 12.5. The zero-order valence-corrected chi connectivity index (χ0v) is 14.5. The summed E-state index contributed by atoms with van der Waals surface area (Å²) >= 11 is 0. The number of methoxy groups -OCH3 is 3. The van der Waals surface area contributed by atoms with Crippen LogP contribution in [0.2, 0.25) is 0 Å². The van der Waals surface area contributed by atoms with Gasteiger partial charge in [-0.2, -0.15) is 0 Å². The Kier molecular flexibility index (Phi) is 6.07. The van der Waals surface area contributed by atoms with E-state index >= 15 is 0 Å². The molecule has 24 heavy (non-hydrogen) atoms. The fraction of sp³-hybridized carbons (Fsp3) is 0.316. The highest BCUT2D eigenvalue weighted by Gasteiger charge is 2.18. The van der Waals surface area contributed by atoms with Gasteiger partial charge in [-0.3, -0.25) is 4.79 Å². The Bertz CT molecular complexity index is 685. The molecule has 0 bridgehead atoms. The predicted molar refractivity (Wildman–Crippen MR) is 93.3 cm³/mol. The van der Waals surface area contributed by atoms with Crippen molar-refractivity contribution >= 4 is 5.91 Å². The topological polar surface area (TPSA) is 56.8 Å². The summed E-state index contributed by atoms with van der Waals surface area (Å²) in [6, 6.07) is 13.3. The largest absolute Gasteiger partial charge is 0.496 e. The van der Waals surface area contributed by atoms with E-state index in [0.717, 1.165) is 0 Å². The highest BCUT2D eigenvalue weighted by Crippen LogP contribution is 2.34. The molecule has 5 nitrogen and oxygen atoms in total. The van der Waals surface area contributed by atoms with Gasteiger partial charge in [-0.05, 0) is 11.5 Å². The maximum Gasteiger partial charge on any atom is 0.255 e. The SMILES string of the molecule is COc1cc(OC)c(C(=O)NC[C@H](C)c2ccccc2)cc1OC. The zero-order valence-electron chi connectivity index (χ0n) is 14.5. The molecule has 0 aliphatic carbocycles. The third kappa shape index (κ3) is 3.98. The summed E-state index contributed by atoms with van der Waals surface area (Å²) in [5.74, 6) is 1.44. The molecule has 0 saturated heterocycles. The van der Waals surface area contributed by atoms with Gasteiger partial charge in [-0.25, -0.2) is 0 Å². The molecule has 1 N–H and O–H groups in total. The van der Waals surface area contributed by atoms with Crippen LogP contribution in [-0.4, -0.2) is 33.8 Å². The van der Waals surface area contributed by atoms with E-state index in [1.54, 1.807) is 19.2 Å². The first kappa shape index (κ1) is 17.7. The normalized spacial score (nSPS) is 11.5. The van der Waals surface area contributed by atoms with Crippen LogP contribution in [0.3, 0.4) is 0 Å². The Hall–Kier alpha value is -2.69. The molecular weight excluding hydrogens is 306 g/mol. The van der Waals surface area contributed by atoms with E-state index in [9.17, 15) is 4.79 Å². The van der Waals surface area contributed by atoms with Gasteiger partial charge < -0.3 is 19.5 Å². The summed E-state index contributed by atoms with van der Waals surface area (Å²) in [7, 11) is 4.59. The lowest BCUT2D eigenvalue weighted by Gasteiger charge is -2.16. The molecule has 2 aromatic carbocycles. The molecule has 0 aromatic heterocycles. The van der Waals surface area contributed by atoms with Gasteiger partial charge >= 0.3 is 0 Å². The van der Waals surface area contributed by atoms with E-state index in [1.807, 2.05) is 30.3 Å². The number of carbonyl (C=O) groups is 1. The number of hydrogen-bond donors (Lipinski definition) is 1. The molecular formula is C19H23NO4. The summed E-state index contributed by atoms with van der Waals surface area (Å²) < 4.78 is 15.8. The summed E-state index contributed by atoms with van der Waals surface area (Å²) in [6.07, 6.45) is 0. The second-order valence-electron chi connectivity index (χ2n) is 5.43. The molecule has 0 radical (unpaired) electrons. The Morgan fingerprint density at radius 1 is 0.958 bits per heavy atom. The number of benzene rings is 2. The minimum absolute atomic E-state index is 0.210. The van der Waals surface area contributed by atoms with Crippen LogP contribution < -0.4 is 19.5 Å². The van der Waals surface area contributed by atoms with Crippen LogP contribution in [0, 0.1) is 0 Å². The third-order valence-electron chi connectivity index (χ3n) is 3.89. The standard InChI is InChI=1S/C19H23NO4/c1-13(14-8-6-5-7-9-14)12-20-19(21)15-10-17(23-3)18(24-4)11-16(15)22-2/h5-11,13H,12H2,1-4H3,(H,20,21)/t13-/m0/s1. The lowest BCUT2D eigenvalue weighted by Crippen LogP contribution is -2.28. The fourth-order valence-corrected chi connectivity index (χ4v) is 2.45. The van der Waals surface area contributed by atoms with E-state index in [4.69, 9.17) is 14.2 Å². The van der Waals surface area contributed by atoms with Crippen molar-refractivity contribution in [1.29, 1.82) is 0 Å². The van der Waals surface area contributed by atoms with Crippen molar-refractivity contribution in [2.24, 2.45) is 0 Å². The first-order chi connectivity index (χ1) is 11.6. The van der Waals surface area contributed by atoms with Gasteiger partial charge in [-0.1, -0.05) is 37.3 Å². The van der Waals surface area contributed by atoms with Crippen molar-refractivity contribution < 1.29 is 19.0 Å². The maximum absolute atomic E-state index is 12.5. The lowest BCUT2D eigenvalue weighted by atomic mass is 10.0. The molecule has 0 saturated carbocycles. The number of hydrogen-bond acceptors (Lipinski definition) is 4. The van der Waals surface area contributed by atoms with E-state index in [1.165, 1.54) is 19.8 Å². The molecule has 0 heterocycles. The Balaban J connectivity index is 2.14. The van der Waals surface area contributed by atoms with Crippen molar-refractivity contribution in [2.45, 2.75) is 12.8 Å². The maximum atomic E-state index is 12.5. The van der Waals surface area contributed by atoms with E-state index in [-0.39, 0.29) is 11.8 Å². The van der Waals surface area contributed by atoms with Crippen LogP contribution in [0.5, 0.6) is 17.2 Å². The van der Waals surface area contributed by atoms with Crippen LogP contribution in [0.4, 0.5) is 0 Å². The molecule has 2 rings (SSSR count). The Labute approximate surface area is 142 Å². The average Bonchev–Trinajstić information content (AvgIpc) is 2.65. The van der Waals surface area contributed by atoms with Crippen LogP contribution >= 0.6 is 0 Å². The van der Waals surface area contributed by atoms with Gasteiger partial charge in [0.15, 0.2) is 11.5 Å². The van der Waals surface area contributed by atoms with Crippen molar-refractivity contribution in [2.75, 3.05) is 27.9 Å². The monoisotopic (exact) mass is 329 g/mol. The van der Waals surface area contributed by atoms with E-state index in [0.29, 0.717) is 29.4 Å². The molecule has 5 heteroatoms. The molecule has 0 unspecified atom stereocenters. The van der Waals surface area contributed by atoms with Gasteiger partial charge in [-0.15, -0.1) is 0 Å². The zero-order chi connectivity index (χ0) is 17.5. The smallest absolute Gasteiger partial charge is 0.255 e. The summed E-state index contributed by atoms with van der Waals surface area (Å²) in [6.45, 7) is 2.60. The summed E-state index contributed by atoms with van der Waals surface area (Å²) in [5.41, 5.74) is 1.59. The van der Waals surface area contributed by atoms with Crippen molar-refractivity contribution in [3.8, 4) is 17.2 Å². The minimum atomic E-state index is -0.212. The number of nitrogens with one attached hydrogen (secondary N) is 1. The first-order valence-corrected chi connectivity index (χ1v) is 7.73. The number of carbonyl (C=O) groups excluding carboxylic acids is 1. The average molecular weight is 329 g/mol. The van der Waals surface area contributed by atoms with Gasteiger partial charge in [0.05, 0.1) is 26.9 Å². The van der Waals surface area contributed by atoms with E-state index in [2.05, 4.69) is 12.2 Å². The quantitative estimate of drug-likeness (QED) is 0.847. The van der Waals surface area contributed by atoms with Gasteiger partial charge in [0, 0.05) is 18.7 Å². The predicted octanol–water partition coefficient (Wildman–Crippen LogP) is 3.25. The van der Waals surface area contributed by atoms with E-state index < -0.39 is 0 Å². The fourth-order valence-electron chi connectivity index (χ4n) is 2.45. The van der Waals surface area contributed by atoms with Crippen molar-refractivity contribution in [1.82, 2.24) is 5.32 Å². The molecule has 0 aliphatic rings. The highest BCUT2D eigenvalue weighted by atomic mass is 16.5. The number of amides is 1. The second kappa shape index (κ2) is 8.24. The van der Waals surface area contributed by atoms with Crippen molar-refractivity contribution in [3.05, 3.63) is 53.6 Å². The van der Waals surface area contributed by atoms with Crippen LogP contribution in [0.1, 0.15) is 28.8 Å². The number of rotatable bonds is 7.